The van der Waals surface area contributed by atoms with Crippen LogP contribution in [0.5, 0.6) is 0 Å². The lowest BCUT2D eigenvalue weighted by Crippen LogP contribution is -2.35. The molecule has 0 amide bonds. The van der Waals surface area contributed by atoms with Crippen molar-refractivity contribution in [2.75, 3.05) is 6.54 Å². The van der Waals surface area contributed by atoms with Gasteiger partial charge < -0.3 is 5.32 Å². The van der Waals surface area contributed by atoms with Gasteiger partial charge in [-0.25, -0.2) is 0 Å². The maximum Gasteiger partial charge on any atom is 0.0220 e. The van der Waals surface area contributed by atoms with E-state index in [1.54, 1.807) is 0 Å². The first-order valence-electron chi connectivity index (χ1n) is 6.14. The van der Waals surface area contributed by atoms with E-state index in [0.717, 1.165) is 6.54 Å². The second kappa shape index (κ2) is 6.97. The van der Waals surface area contributed by atoms with Gasteiger partial charge in [0.25, 0.3) is 0 Å². The molecule has 0 saturated carbocycles. The van der Waals surface area contributed by atoms with Gasteiger partial charge >= 0.3 is 0 Å². The molecule has 1 nitrogen and oxygen atoms in total. The monoisotopic (exact) mass is 237 g/mol. The number of nitrogens with one attached hydrogen (secondary N) is 1. The summed E-state index contributed by atoms with van der Waals surface area (Å²) in [5.41, 5.74) is 1.33. The number of hydrogen-bond acceptors (Lipinski definition) is 2. The first-order valence-corrected chi connectivity index (χ1v) is 7.02. The highest BCUT2D eigenvalue weighted by atomic mass is 32.2. The van der Waals surface area contributed by atoms with Crippen LogP contribution >= 0.6 is 11.8 Å². The minimum atomic E-state index is 0.608. The summed E-state index contributed by atoms with van der Waals surface area (Å²) in [4.78, 5) is 1.37. The molecule has 0 aromatic heterocycles. The van der Waals surface area contributed by atoms with Crippen molar-refractivity contribution in [3.63, 3.8) is 0 Å². The molecule has 0 bridgehead atoms. The Morgan fingerprint density at radius 3 is 2.31 bits per heavy atom. The average Bonchev–Trinajstić information content (AvgIpc) is 2.29. The van der Waals surface area contributed by atoms with Crippen LogP contribution in [0.15, 0.2) is 29.2 Å². The van der Waals surface area contributed by atoms with Crippen molar-refractivity contribution >= 4 is 11.8 Å². The molecule has 0 heterocycles. The highest BCUT2D eigenvalue weighted by molar-refractivity contribution is 8.00. The Labute approximate surface area is 104 Å². The molecule has 1 aromatic rings. The van der Waals surface area contributed by atoms with Crippen LogP contribution in [0, 0.1) is 6.92 Å². The molecule has 0 radical (unpaired) electrons. The highest BCUT2D eigenvalue weighted by Crippen LogP contribution is 2.26. The maximum atomic E-state index is 3.54. The summed E-state index contributed by atoms with van der Waals surface area (Å²) < 4.78 is 0. The van der Waals surface area contributed by atoms with Crippen LogP contribution in [0.4, 0.5) is 0 Å². The van der Waals surface area contributed by atoms with Crippen molar-refractivity contribution in [3.05, 3.63) is 29.8 Å². The lowest BCUT2D eigenvalue weighted by Gasteiger charge is -2.23. The lowest BCUT2D eigenvalue weighted by molar-refractivity contribution is 0.509. The topological polar surface area (TPSA) is 12.0 Å². The van der Waals surface area contributed by atoms with E-state index >= 15 is 0 Å². The van der Waals surface area contributed by atoms with Gasteiger partial charge in [-0.1, -0.05) is 38.5 Å². The van der Waals surface area contributed by atoms with Crippen LogP contribution in [-0.4, -0.2) is 17.8 Å². The number of hydrogen-bond donors (Lipinski definition) is 1. The zero-order valence-electron chi connectivity index (χ0n) is 10.8. The molecule has 0 aliphatic carbocycles. The predicted molar refractivity (Wildman–Crippen MR) is 74.3 cm³/mol. The first-order chi connectivity index (χ1) is 7.67. The van der Waals surface area contributed by atoms with Crippen molar-refractivity contribution in [1.29, 1.82) is 0 Å². The minimum absolute atomic E-state index is 0.608. The predicted octanol–water partition coefficient (Wildman–Crippen LogP) is 3.86. The zero-order chi connectivity index (χ0) is 12.0. The summed E-state index contributed by atoms with van der Waals surface area (Å²) in [6.07, 6.45) is 1.19. The largest absolute Gasteiger partial charge is 0.313 e. The second-order valence-electron chi connectivity index (χ2n) is 4.21. The maximum absolute atomic E-state index is 3.54. The van der Waals surface area contributed by atoms with Crippen LogP contribution in [0.3, 0.4) is 0 Å². The second-order valence-corrected chi connectivity index (χ2v) is 5.66. The highest BCUT2D eigenvalue weighted by Gasteiger charge is 2.14. The molecule has 1 rings (SSSR count). The molecule has 1 N–H and O–H groups in total. The van der Waals surface area contributed by atoms with Gasteiger partial charge in [0.2, 0.25) is 0 Å². The van der Waals surface area contributed by atoms with E-state index in [2.05, 4.69) is 57.3 Å². The van der Waals surface area contributed by atoms with E-state index in [9.17, 15) is 0 Å². The molecular formula is C14H23NS. The fraction of sp³-hybridized carbons (Fsp3) is 0.571. The van der Waals surface area contributed by atoms with Gasteiger partial charge in [0.15, 0.2) is 0 Å². The molecule has 0 saturated heterocycles. The molecule has 0 aliphatic heterocycles. The molecule has 2 heteroatoms. The normalized spacial score (nSPS) is 14.8. The molecule has 90 valence electrons. The van der Waals surface area contributed by atoms with Crippen molar-refractivity contribution in [2.24, 2.45) is 0 Å². The fourth-order valence-corrected chi connectivity index (χ4v) is 2.99. The first kappa shape index (κ1) is 13.6. The average molecular weight is 237 g/mol. The standard InChI is InChI=1S/C14H23NS/c1-5-14(15-6-2)12(4)16-13-9-7-11(3)8-10-13/h7-10,12,14-15H,5-6H2,1-4H3. The third-order valence-corrected chi connectivity index (χ3v) is 4.06. The van der Waals surface area contributed by atoms with Gasteiger partial charge in [0.1, 0.15) is 0 Å². The Morgan fingerprint density at radius 2 is 1.81 bits per heavy atom. The van der Waals surface area contributed by atoms with E-state index in [1.165, 1.54) is 16.9 Å². The van der Waals surface area contributed by atoms with Crippen molar-refractivity contribution in [3.8, 4) is 0 Å². The Hall–Kier alpha value is -0.470. The van der Waals surface area contributed by atoms with E-state index in [4.69, 9.17) is 0 Å². The molecule has 0 fully saturated rings. The fourth-order valence-electron chi connectivity index (χ4n) is 1.82. The van der Waals surface area contributed by atoms with E-state index in [0.29, 0.717) is 11.3 Å². The SMILES string of the molecule is CCNC(CC)C(C)Sc1ccc(C)cc1. The van der Waals surface area contributed by atoms with Crippen LogP contribution in [0.1, 0.15) is 32.8 Å². The van der Waals surface area contributed by atoms with Crippen LogP contribution < -0.4 is 5.32 Å². The summed E-state index contributed by atoms with van der Waals surface area (Å²) in [5.74, 6) is 0. The summed E-state index contributed by atoms with van der Waals surface area (Å²) in [6.45, 7) is 9.91. The Bertz CT molecular complexity index is 294. The number of thioether (sulfide) groups is 1. The molecular weight excluding hydrogens is 214 g/mol. The molecule has 16 heavy (non-hydrogen) atoms. The molecule has 0 aliphatic rings. The number of rotatable bonds is 6. The molecule has 2 unspecified atom stereocenters. The summed E-state index contributed by atoms with van der Waals surface area (Å²) in [5, 5.41) is 4.16. The van der Waals surface area contributed by atoms with Gasteiger partial charge in [-0.05, 0) is 32.0 Å². The quantitative estimate of drug-likeness (QED) is 0.754. The van der Waals surface area contributed by atoms with Gasteiger partial charge in [0, 0.05) is 16.2 Å². The Morgan fingerprint density at radius 1 is 1.19 bits per heavy atom. The van der Waals surface area contributed by atoms with Crippen LogP contribution in [0.2, 0.25) is 0 Å². The van der Waals surface area contributed by atoms with E-state index < -0.39 is 0 Å². The van der Waals surface area contributed by atoms with E-state index in [1.807, 2.05) is 11.8 Å². The number of aryl methyl sites for hydroxylation is 1. The molecule has 0 spiro atoms. The molecule has 1 aromatic carbocycles. The Balaban J connectivity index is 2.55. The van der Waals surface area contributed by atoms with Crippen molar-refractivity contribution in [1.82, 2.24) is 5.32 Å². The van der Waals surface area contributed by atoms with Crippen molar-refractivity contribution < 1.29 is 0 Å². The van der Waals surface area contributed by atoms with Gasteiger partial charge in [0.05, 0.1) is 0 Å². The number of benzene rings is 1. The lowest BCUT2D eigenvalue weighted by atomic mass is 10.2. The van der Waals surface area contributed by atoms with Crippen LogP contribution in [-0.2, 0) is 0 Å². The van der Waals surface area contributed by atoms with Gasteiger partial charge in [-0.3, -0.25) is 0 Å². The van der Waals surface area contributed by atoms with Gasteiger partial charge in [-0.15, -0.1) is 11.8 Å². The van der Waals surface area contributed by atoms with E-state index in [-0.39, 0.29) is 0 Å². The third kappa shape index (κ3) is 4.18. The zero-order valence-corrected chi connectivity index (χ0v) is 11.6. The minimum Gasteiger partial charge on any atom is -0.313 e. The summed E-state index contributed by atoms with van der Waals surface area (Å²) in [6, 6.07) is 9.41. The van der Waals surface area contributed by atoms with Crippen LogP contribution in [0.25, 0.3) is 0 Å². The summed E-state index contributed by atoms with van der Waals surface area (Å²) in [7, 11) is 0. The smallest absolute Gasteiger partial charge is 0.0220 e. The Kier molecular flexibility index (Phi) is 5.93. The summed E-state index contributed by atoms with van der Waals surface area (Å²) >= 11 is 1.96. The van der Waals surface area contributed by atoms with Crippen molar-refractivity contribution in [2.45, 2.75) is 50.3 Å². The van der Waals surface area contributed by atoms with Gasteiger partial charge in [-0.2, -0.15) is 0 Å². The third-order valence-electron chi connectivity index (χ3n) is 2.82. The molecule has 2 atom stereocenters.